The van der Waals surface area contributed by atoms with Gasteiger partial charge in [0.2, 0.25) is 10.0 Å². The Morgan fingerprint density at radius 3 is 2.30 bits per heavy atom. The predicted octanol–water partition coefficient (Wildman–Crippen LogP) is 4.13. The molecular weight excluding hydrogens is 450 g/mol. The van der Waals surface area contributed by atoms with Crippen LogP contribution in [0.5, 0.6) is 5.75 Å². The number of fused-ring (bicyclic) bond motifs is 1. The topological polar surface area (TPSA) is 75.7 Å². The predicted molar refractivity (Wildman–Crippen MR) is 121 cm³/mol. The molecule has 3 aromatic carbocycles. The quantitative estimate of drug-likeness (QED) is 0.561. The Hall–Kier alpha value is -3.46. The molecule has 9 heteroatoms. The highest BCUT2D eigenvalue weighted by Crippen LogP contribution is 2.31. The van der Waals surface area contributed by atoms with Gasteiger partial charge in [-0.05, 0) is 53.4 Å². The van der Waals surface area contributed by atoms with Gasteiger partial charge < -0.3 is 10.1 Å². The third-order valence-electron chi connectivity index (χ3n) is 5.44. The zero-order chi connectivity index (χ0) is 23.6. The molecule has 0 aliphatic carbocycles. The van der Waals surface area contributed by atoms with Crippen LogP contribution in [0.1, 0.15) is 33.1 Å². The molecular formula is C24H22F2N2O4S. The summed E-state index contributed by atoms with van der Waals surface area (Å²) in [5, 5.41) is 3.00. The van der Waals surface area contributed by atoms with Crippen LogP contribution < -0.4 is 14.4 Å². The van der Waals surface area contributed by atoms with E-state index in [0.717, 1.165) is 17.4 Å². The van der Waals surface area contributed by atoms with E-state index in [1.807, 2.05) is 30.3 Å². The zero-order valence-corrected chi connectivity index (χ0v) is 18.6. The van der Waals surface area contributed by atoms with Crippen LogP contribution in [-0.2, 0) is 16.4 Å². The Kier molecular flexibility index (Phi) is 6.33. The van der Waals surface area contributed by atoms with Crippen molar-refractivity contribution >= 4 is 21.6 Å². The van der Waals surface area contributed by atoms with Gasteiger partial charge in [-0.15, -0.1) is 0 Å². The number of sulfonamides is 1. The third kappa shape index (κ3) is 5.14. The molecule has 1 heterocycles. The van der Waals surface area contributed by atoms with Crippen molar-refractivity contribution < 1.29 is 26.7 Å². The lowest BCUT2D eigenvalue weighted by atomic mass is 9.98. The van der Waals surface area contributed by atoms with Crippen molar-refractivity contribution in [2.24, 2.45) is 0 Å². The summed E-state index contributed by atoms with van der Waals surface area (Å²) in [6.45, 7) is -2.57. The van der Waals surface area contributed by atoms with Gasteiger partial charge in [0.15, 0.2) is 0 Å². The summed E-state index contributed by atoms with van der Waals surface area (Å²) in [5.74, 6) is -0.307. The first-order valence-corrected chi connectivity index (χ1v) is 12.1. The largest absolute Gasteiger partial charge is 0.435 e. The molecule has 172 valence electrons. The van der Waals surface area contributed by atoms with E-state index in [4.69, 9.17) is 0 Å². The molecule has 3 aromatic rings. The van der Waals surface area contributed by atoms with Gasteiger partial charge in [-0.2, -0.15) is 8.78 Å². The first-order chi connectivity index (χ1) is 15.7. The minimum atomic E-state index is -3.38. The van der Waals surface area contributed by atoms with E-state index < -0.39 is 22.7 Å². The molecule has 4 rings (SSSR count). The Morgan fingerprint density at radius 1 is 1.00 bits per heavy atom. The number of amides is 1. The highest BCUT2D eigenvalue weighted by Gasteiger charge is 2.27. The summed E-state index contributed by atoms with van der Waals surface area (Å²) >= 11 is 0. The normalized spacial score (nSPS) is 14.1. The zero-order valence-electron chi connectivity index (χ0n) is 17.7. The number of anilines is 1. The van der Waals surface area contributed by atoms with Crippen molar-refractivity contribution in [3.05, 3.63) is 95.1 Å². The average molecular weight is 473 g/mol. The molecule has 1 atom stereocenters. The maximum absolute atomic E-state index is 13.1. The van der Waals surface area contributed by atoms with Crippen LogP contribution in [0, 0.1) is 0 Å². The van der Waals surface area contributed by atoms with Crippen LogP contribution >= 0.6 is 0 Å². The van der Waals surface area contributed by atoms with E-state index in [0.29, 0.717) is 29.8 Å². The highest BCUT2D eigenvalue weighted by molar-refractivity contribution is 7.92. The number of benzene rings is 3. The van der Waals surface area contributed by atoms with E-state index >= 15 is 0 Å². The standard InChI is InChI=1S/C24H22F2N2O4S/c1-33(30,31)28-14-13-18-15-19(9-12-21(18)28)23(29)27-22(16-5-3-2-4-6-16)17-7-10-20(11-8-17)32-24(25)26/h2-12,15,22,24H,13-14H2,1H3,(H,27,29). The maximum atomic E-state index is 13.1. The number of rotatable bonds is 7. The van der Waals surface area contributed by atoms with Gasteiger partial charge in [-0.25, -0.2) is 8.42 Å². The second-order valence-corrected chi connectivity index (χ2v) is 9.60. The number of alkyl halides is 2. The van der Waals surface area contributed by atoms with E-state index in [1.165, 1.54) is 16.4 Å². The van der Waals surface area contributed by atoms with Gasteiger partial charge in [-0.3, -0.25) is 9.10 Å². The van der Waals surface area contributed by atoms with Crippen molar-refractivity contribution in [3.8, 4) is 5.75 Å². The van der Waals surface area contributed by atoms with Crippen LogP contribution in [0.4, 0.5) is 14.5 Å². The molecule has 33 heavy (non-hydrogen) atoms. The molecule has 1 unspecified atom stereocenters. The fourth-order valence-corrected chi connectivity index (χ4v) is 4.88. The molecule has 0 saturated carbocycles. The van der Waals surface area contributed by atoms with E-state index in [1.54, 1.807) is 30.3 Å². The summed E-state index contributed by atoms with van der Waals surface area (Å²) in [6, 6.07) is 19.8. The molecule has 0 fully saturated rings. The van der Waals surface area contributed by atoms with E-state index in [-0.39, 0.29) is 11.7 Å². The second kappa shape index (κ2) is 9.19. The lowest BCUT2D eigenvalue weighted by Crippen LogP contribution is -2.29. The van der Waals surface area contributed by atoms with Gasteiger partial charge in [0, 0.05) is 12.1 Å². The Bertz CT molecular complexity index is 1250. The fourth-order valence-electron chi connectivity index (χ4n) is 3.92. The fraction of sp³-hybridized carbons (Fsp3) is 0.208. The first-order valence-electron chi connectivity index (χ1n) is 10.2. The second-order valence-electron chi connectivity index (χ2n) is 7.69. The molecule has 0 spiro atoms. The summed E-state index contributed by atoms with van der Waals surface area (Å²) in [6.07, 6.45) is 1.68. The summed E-state index contributed by atoms with van der Waals surface area (Å²) in [7, 11) is -3.38. The third-order valence-corrected chi connectivity index (χ3v) is 6.62. The van der Waals surface area contributed by atoms with Crippen LogP contribution in [0.25, 0.3) is 0 Å². The van der Waals surface area contributed by atoms with E-state index in [2.05, 4.69) is 10.1 Å². The lowest BCUT2D eigenvalue weighted by molar-refractivity contribution is -0.0498. The van der Waals surface area contributed by atoms with Crippen molar-refractivity contribution in [3.63, 3.8) is 0 Å². The molecule has 1 N–H and O–H groups in total. The Balaban J connectivity index is 1.60. The molecule has 6 nitrogen and oxygen atoms in total. The van der Waals surface area contributed by atoms with Crippen LogP contribution in [0.2, 0.25) is 0 Å². The number of ether oxygens (including phenoxy) is 1. The first kappa shape index (κ1) is 22.7. The number of nitrogens with one attached hydrogen (secondary N) is 1. The summed E-state index contributed by atoms with van der Waals surface area (Å²) in [5.41, 5.74) is 3.29. The van der Waals surface area contributed by atoms with Crippen molar-refractivity contribution in [2.75, 3.05) is 17.1 Å². The van der Waals surface area contributed by atoms with Crippen molar-refractivity contribution in [1.29, 1.82) is 0 Å². The molecule has 0 saturated heterocycles. The molecule has 0 bridgehead atoms. The summed E-state index contributed by atoms with van der Waals surface area (Å²) < 4.78 is 54.6. The van der Waals surface area contributed by atoms with Gasteiger partial charge >= 0.3 is 6.61 Å². The lowest BCUT2D eigenvalue weighted by Gasteiger charge is -2.21. The Labute approximate surface area is 190 Å². The van der Waals surface area contributed by atoms with Crippen LogP contribution in [-0.4, -0.2) is 33.7 Å². The highest BCUT2D eigenvalue weighted by atomic mass is 32.2. The van der Waals surface area contributed by atoms with Crippen molar-refractivity contribution in [2.45, 2.75) is 19.1 Å². The van der Waals surface area contributed by atoms with Crippen LogP contribution in [0.15, 0.2) is 72.8 Å². The van der Waals surface area contributed by atoms with Gasteiger partial charge in [0.05, 0.1) is 18.0 Å². The maximum Gasteiger partial charge on any atom is 0.387 e. The number of hydrogen-bond acceptors (Lipinski definition) is 4. The van der Waals surface area contributed by atoms with E-state index in [9.17, 15) is 22.0 Å². The van der Waals surface area contributed by atoms with Gasteiger partial charge in [-0.1, -0.05) is 42.5 Å². The number of carbonyl (C=O) groups excluding carboxylic acids is 1. The molecule has 1 aliphatic rings. The smallest absolute Gasteiger partial charge is 0.387 e. The number of halogens is 2. The summed E-state index contributed by atoms with van der Waals surface area (Å²) in [4.78, 5) is 13.1. The molecule has 1 aliphatic heterocycles. The number of carbonyl (C=O) groups is 1. The van der Waals surface area contributed by atoms with Gasteiger partial charge in [0.1, 0.15) is 5.75 Å². The SMILES string of the molecule is CS(=O)(=O)N1CCc2cc(C(=O)NC(c3ccccc3)c3ccc(OC(F)F)cc3)ccc21. The molecule has 0 aromatic heterocycles. The van der Waals surface area contributed by atoms with Gasteiger partial charge in [0.25, 0.3) is 5.91 Å². The Morgan fingerprint density at radius 2 is 1.67 bits per heavy atom. The molecule has 0 radical (unpaired) electrons. The minimum Gasteiger partial charge on any atom is -0.435 e. The van der Waals surface area contributed by atoms with Crippen molar-refractivity contribution in [1.82, 2.24) is 5.32 Å². The van der Waals surface area contributed by atoms with Crippen LogP contribution in [0.3, 0.4) is 0 Å². The number of hydrogen-bond donors (Lipinski definition) is 1. The molecule has 1 amide bonds. The minimum absolute atomic E-state index is 0.0286. The monoisotopic (exact) mass is 472 g/mol. The number of nitrogens with zero attached hydrogens (tertiary/aromatic N) is 1. The average Bonchev–Trinajstić information content (AvgIpc) is 3.22.